The summed E-state index contributed by atoms with van der Waals surface area (Å²) in [6.07, 6.45) is 0. The van der Waals surface area contributed by atoms with Crippen molar-refractivity contribution in [2.45, 2.75) is 6.92 Å². The van der Waals surface area contributed by atoms with Crippen molar-refractivity contribution in [3.8, 4) is 5.75 Å². The van der Waals surface area contributed by atoms with E-state index >= 15 is 0 Å². The van der Waals surface area contributed by atoms with Gasteiger partial charge in [-0.15, -0.1) is 0 Å². The molecule has 0 fully saturated rings. The lowest BCUT2D eigenvalue weighted by atomic mass is 10.1. The van der Waals surface area contributed by atoms with Gasteiger partial charge in [0.2, 0.25) is 0 Å². The van der Waals surface area contributed by atoms with Crippen LogP contribution < -0.4 is 4.74 Å². The summed E-state index contributed by atoms with van der Waals surface area (Å²) in [7, 11) is 0. The van der Waals surface area contributed by atoms with E-state index in [9.17, 15) is 0 Å². The zero-order valence-corrected chi connectivity index (χ0v) is 9.30. The fourth-order valence-corrected chi connectivity index (χ4v) is 1.15. The number of allylic oxidation sites excluding steroid dienone is 1. The summed E-state index contributed by atoms with van der Waals surface area (Å²) in [6.45, 7) is 6.56. The third-order valence-electron chi connectivity index (χ3n) is 1.69. The zero-order valence-electron chi connectivity index (χ0n) is 7.72. The second-order valence-electron chi connectivity index (χ2n) is 2.84. The molecule has 0 amide bonds. The van der Waals surface area contributed by atoms with E-state index in [1.165, 1.54) is 0 Å². The minimum absolute atomic E-state index is 0.701. The van der Waals surface area contributed by atoms with Crippen molar-refractivity contribution < 1.29 is 4.74 Å². The highest BCUT2D eigenvalue weighted by atomic mass is 79.9. The van der Waals surface area contributed by atoms with Gasteiger partial charge < -0.3 is 4.74 Å². The van der Waals surface area contributed by atoms with Crippen LogP contribution in [0.5, 0.6) is 5.75 Å². The monoisotopic (exact) mass is 240 g/mol. The summed E-state index contributed by atoms with van der Waals surface area (Å²) >= 11 is 3.31. The molecule has 0 saturated carbocycles. The van der Waals surface area contributed by atoms with Crippen molar-refractivity contribution in [1.82, 2.24) is 0 Å². The molecule has 70 valence electrons. The van der Waals surface area contributed by atoms with Gasteiger partial charge in [0.25, 0.3) is 0 Å². The lowest BCUT2D eigenvalue weighted by molar-refractivity contribution is 0.345. The molecule has 0 spiro atoms. The van der Waals surface area contributed by atoms with Gasteiger partial charge in [0, 0.05) is 5.33 Å². The molecule has 0 unspecified atom stereocenters. The van der Waals surface area contributed by atoms with Crippen molar-refractivity contribution in [2.24, 2.45) is 0 Å². The standard InChI is InChI=1S/C11H13BrO/c1-9(2)10-3-5-11(6-4-10)13-8-7-12/h3-6H,1,7-8H2,2H3. The normalized spacial score (nSPS) is 9.69. The van der Waals surface area contributed by atoms with Crippen LogP contribution in [0.15, 0.2) is 30.8 Å². The smallest absolute Gasteiger partial charge is 0.119 e. The summed E-state index contributed by atoms with van der Waals surface area (Å²) in [5.74, 6) is 0.907. The Morgan fingerprint density at radius 1 is 1.38 bits per heavy atom. The van der Waals surface area contributed by atoms with Crippen LogP contribution >= 0.6 is 15.9 Å². The number of ether oxygens (including phenoxy) is 1. The third-order valence-corrected chi connectivity index (χ3v) is 2.02. The zero-order chi connectivity index (χ0) is 9.68. The molecule has 0 aliphatic heterocycles. The summed E-state index contributed by atoms with van der Waals surface area (Å²) < 4.78 is 5.41. The molecule has 0 aliphatic carbocycles. The van der Waals surface area contributed by atoms with Gasteiger partial charge in [-0.25, -0.2) is 0 Å². The first kappa shape index (κ1) is 10.3. The van der Waals surface area contributed by atoms with E-state index in [0.717, 1.165) is 22.2 Å². The molecule has 0 saturated heterocycles. The number of rotatable bonds is 4. The molecule has 0 N–H and O–H groups in total. The van der Waals surface area contributed by atoms with Gasteiger partial charge in [-0.2, -0.15) is 0 Å². The average Bonchev–Trinajstić information content (AvgIpc) is 2.15. The second-order valence-corrected chi connectivity index (χ2v) is 3.64. The Labute approximate surface area is 87.5 Å². The molecule has 1 aromatic carbocycles. The summed E-state index contributed by atoms with van der Waals surface area (Å²) in [5.41, 5.74) is 2.23. The van der Waals surface area contributed by atoms with Crippen LogP contribution in [0.2, 0.25) is 0 Å². The topological polar surface area (TPSA) is 9.23 Å². The van der Waals surface area contributed by atoms with Crippen LogP contribution in [0.25, 0.3) is 5.57 Å². The Bertz CT molecular complexity index is 277. The Balaban J connectivity index is 2.64. The highest BCUT2D eigenvalue weighted by Gasteiger charge is 1.94. The second kappa shape index (κ2) is 5.07. The van der Waals surface area contributed by atoms with E-state index in [0.29, 0.717) is 6.61 Å². The maximum Gasteiger partial charge on any atom is 0.119 e. The molecule has 1 rings (SSSR count). The molecule has 0 heterocycles. The summed E-state index contributed by atoms with van der Waals surface area (Å²) in [6, 6.07) is 7.97. The van der Waals surface area contributed by atoms with Crippen molar-refractivity contribution in [2.75, 3.05) is 11.9 Å². The molecule has 1 nitrogen and oxygen atoms in total. The van der Waals surface area contributed by atoms with E-state index in [1.54, 1.807) is 0 Å². The predicted octanol–water partition coefficient (Wildman–Crippen LogP) is 3.49. The Morgan fingerprint density at radius 3 is 2.46 bits per heavy atom. The lowest BCUT2D eigenvalue weighted by Gasteiger charge is -2.04. The number of hydrogen-bond acceptors (Lipinski definition) is 1. The maximum absolute atomic E-state index is 5.41. The minimum Gasteiger partial charge on any atom is -0.493 e. The van der Waals surface area contributed by atoms with Crippen LogP contribution in [0.3, 0.4) is 0 Å². The first-order valence-corrected chi connectivity index (χ1v) is 5.31. The average molecular weight is 241 g/mol. The van der Waals surface area contributed by atoms with Gasteiger partial charge in [-0.1, -0.05) is 40.2 Å². The van der Waals surface area contributed by atoms with E-state index in [-0.39, 0.29) is 0 Å². The molecule has 0 atom stereocenters. The van der Waals surface area contributed by atoms with Gasteiger partial charge >= 0.3 is 0 Å². The number of hydrogen-bond donors (Lipinski definition) is 0. The van der Waals surface area contributed by atoms with E-state index in [2.05, 4.69) is 22.5 Å². The quantitative estimate of drug-likeness (QED) is 0.733. The SMILES string of the molecule is C=C(C)c1ccc(OCCBr)cc1. The summed E-state index contributed by atoms with van der Waals surface area (Å²) in [4.78, 5) is 0. The highest BCUT2D eigenvalue weighted by Crippen LogP contribution is 2.16. The predicted molar refractivity (Wildman–Crippen MR) is 60.4 cm³/mol. The lowest BCUT2D eigenvalue weighted by Crippen LogP contribution is -1.97. The van der Waals surface area contributed by atoms with E-state index < -0.39 is 0 Å². The number of benzene rings is 1. The largest absolute Gasteiger partial charge is 0.493 e. The van der Waals surface area contributed by atoms with Crippen LogP contribution in [-0.2, 0) is 0 Å². The molecular weight excluding hydrogens is 228 g/mol. The number of alkyl halides is 1. The summed E-state index contributed by atoms with van der Waals surface area (Å²) in [5, 5.41) is 0.856. The minimum atomic E-state index is 0.701. The first-order chi connectivity index (χ1) is 6.24. The van der Waals surface area contributed by atoms with Crippen molar-refractivity contribution in [1.29, 1.82) is 0 Å². The van der Waals surface area contributed by atoms with Gasteiger partial charge in [0.15, 0.2) is 0 Å². The molecular formula is C11H13BrO. The molecule has 0 bridgehead atoms. The van der Waals surface area contributed by atoms with Gasteiger partial charge in [0.1, 0.15) is 5.75 Å². The fraction of sp³-hybridized carbons (Fsp3) is 0.273. The Hall–Kier alpha value is -0.760. The molecule has 0 aromatic heterocycles. The van der Waals surface area contributed by atoms with Crippen LogP contribution in [-0.4, -0.2) is 11.9 Å². The Kier molecular flexibility index (Phi) is 4.03. The third kappa shape index (κ3) is 3.23. The van der Waals surface area contributed by atoms with Crippen molar-refractivity contribution in [3.05, 3.63) is 36.4 Å². The van der Waals surface area contributed by atoms with Crippen LogP contribution in [0, 0.1) is 0 Å². The van der Waals surface area contributed by atoms with Crippen molar-refractivity contribution in [3.63, 3.8) is 0 Å². The van der Waals surface area contributed by atoms with Crippen LogP contribution in [0.4, 0.5) is 0 Å². The number of halogens is 1. The highest BCUT2D eigenvalue weighted by molar-refractivity contribution is 9.09. The van der Waals surface area contributed by atoms with E-state index in [1.807, 2.05) is 31.2 Å². The van der Waals surface area contributed by atoms with Gasteiger partial charge in [-0.3, -0.25) is 0 Å². The van der Waals surface area contributed by atoms with E-state index in [4.69, 9.17) is 4.74 Å². The first-order valence-electron chi connectivity index (χ1n) is 4.18. The molecule has 13 heavy (non-hydrogen) atoms. The van der Waals surface area contributed by atoms with Crippen LogP contribution in [0.1, 0.15) is 12.5 Å². The molecule has 0 aliphatic rings. The molecule has 2 heteroatoms. The fourth-order valence-electron chi connectivity index (χ4n) is 0.992. The van der Waals surface area contributed by atoms with Gasteiger partial charge in [-0.05, 0) is 24.6 Å². The Morgan fingerprint density at radius 2 is 2.00 bits per heavy atom. The molecule has 0 radical (unpaired) electrons. The maximum atomic E-state index is 5.41. The molecule has 1 aromatic rings. The van der Waals surface area contributed by atoms with Crippen molar-refractivity contribution >= 4 is 21.5 Å². The van der Waals surface area contributed by atoms with Gasteiger partial charge in [0.05, 0.1) is 6.61 Å².